The van der Waals surface area contributed by atoms with Crippen molar-refractivity contribution < 1.29 is 18.9 Å². The molecule has 9 nitrogen and oxygen atoms in total. The van der Waals surface area contributed by atoms with Crippen molar-refractivity contribution in [3.8, 4) is 0 Å². The molecule has 0 bridgehead atoms. The molecule has 0 atom stereocenters. The summed E-state index contributed by atoms with van der Waals surface area (Å²) in [6, 6.07) is 9.62. The van der Waals surface area contributed by atoms with Crippen LogP contribution in [0.2, 0.25) is 0 Å². The molecule has 0 aliphatic carbocycles. The molecule has 2 N–H and O–H groups in total. The molecule has 1 aromatic heterocycles. The maximum atomic E-state index is 12.9. The monoisotopic (exact) mass is 447 g/mol. The Morgan fingerprint density at radius 3 is 2.60 bits per heavy atom. The predicted molar refractivity (Wildman–Crippen MR) is 111 cm³/mol. The minimum Gasteiger partial charge on any atom is -0.325 e. The Morgan fingerprint density at radius 2 is 1.90 bits per heavy atom. The fourth-order valence-corrected chi connectivity index (χ4v) is 3.95. The number of anilines is 2. The van der Waals surface area contributed by atoms with Crippen molar-refractivity contribution in [1.29, 1.82) is 0 Å². The molecule has 3 rings (SSSR count). The third-order valence-electron chi connectivity index (χ3n) is 3.83. The fraction of sp³-hybridized carbons (Fsp3) is 0.111. The third kappa shape index (κ3) is 5.36. The van der Waals surface area contributed by atoms with E-state index in [1.165, 1.54) is 49.4 Å². The molecule has 2 aromatic carbocycles. The number of nitrogens with one attached hydrogen (secondary N) is 2. The molecule has 30 heavy (non-hydrogen) atoms. The van der Waals surface area contributed by atoms with E-state index in [2.05, 4.69) is 20.8 Å². The molecule has 154 valence electrons. The van der Waals surface area contributed by atoms with Gasteiger partial charge in [-0.25, -0.2) is 4.39 Å². The van der Waals surface area contributed by atoms with Crippen LogP contribution in [0.25, 0.3) is 0 Å². The number of nitro groups is 1. The highest BCUT2D eigenvalue weighted by Crippen LogP contribution is 2.27. The molecule has 0 saturated heterocycles. The van der Waals surface area contributed by atoms with Crippen LogP contribution in [-0.4, -0.2) is 32.7 Å². The van der Waals surface area contributed by atoms with E-state index in [1.807, 2.05) is 0 Å². The van der Waals surface area contributed by atoms with E-state index < -0.39 is 16.6 Å². The summed E-state index contributed by atoms with van der Waals surface area (Å²) in [7, 11) is 0. The van der Waals surface area contributed by atoms with Crippen LogP contribution in [0.5, 0.6) is 0 Å². The van der Waals surface area contributed by atoms with Crippen molar-refractivity contribution in [2.45, 2.75) is 11.3 Å². The van der Waals surface area contributed by atoms with Crippen LogP contribution in [0.3, 0.4) is 0 Å². The smallest absolute Gasteiger partial charge is 0.273 e. The van der Waals surface area contributed by atoms with Crippen molar-refractivity contribution >= 4 is 51.4 Å². The molecule has 0 spiro atoms. The van der Waals surface area contributed by atoms with Gasteiger partial charge in [-0.05, 0) is 37.3 Å². The molecule has 0 aliphatic heterocycles. The van der Waals surface area contributed by atoms with Crippen LogP contribution in [0.1, 0.15) is 15.9 Å². The van der Waals surface area contributed by atoms with E-state index in [4.69, 9.17) is 0 Å². The largest absolute Gasteiger partial charge is 0.325 e. The summed E-state index contributed by atoms with van der Waals surface area (Å²) in [5.74, 6) is -1.20. The van der Waals surface area contributed by atoms with Crippen LogP contribution in [0, 0.1) is 22.9 Å². The average Bonchev–Trinajstić information content (AvgIpc) is 3.15. The van der Waals surface area contributed by atoms with Gasteiger partial charge in [0.05, 0.1) is 10.7 Å². The first-order chi connectivity index (χ1) is 14.3. The second-order valence-corrected chi connectivity index (χ2v) is 8.08. The summed E-state index contributed by atoms with van der Waals surface area (Å²) < 4.78 is 13.3. The molecular weight excluding hydrogens is 433 g/mol. The van der Waals surface area contributed by atoms with Crippen LogP contribution in [0.15, 0.2) is 46.8 Å². The minimum absolute atomic E-state index is 0.0456. The number of aromatic nitrogens is 2. The summed E-state index contributed by atoms with van der Waals surface area (Å²) in [5.41, 5.74) is 0.728. The molecule has 12 heteroatoms. The van der Waals surface area contributed by atoms with E-state index in [1.54, 1.807) is 0 Å². The van der Waals surface area contributed by atoms with E-state index >= 15 is 0 Å². The summed E-state index contributed by atoms with van der Waals surface area (Å²) in [4.78, 5) is 34.9. The number of amides is 2. The summed E-state index contributed by atoms with van der Waals surface area (Å²) in [5, 5.41) is 24.1. The zero-order valence-electron chi connectivity index (χ0n) is 15.4. The Bertz CT molecular complexity index is 1100. The lowest BCUT2D eigenvalue weighted by molar-refractivity contribution is -0.385. The number of nitro benzene ring substituents is 1. The van der Waals surface area contributed by atoms with Gasteiger partial charge in [0.25, 0.3) is 11.6 Å². The standard InChI is InChI=1S/C18H14FN5O4S2/c1-10-13(3-2-4-14(10)24(27)28)16(26)21-17-22-23-18(30-17)29-9-15(25)20-12-7-5-11(19)6-8-12/h2-8H,9H2,1H3,(H,20,25)(H,21,22,26). The van der Waals surface area contributed by atoms with E-state index in [0.29, 0.717) is 10.0 Å². The Hall–Kier alpha value is -3.38. The average molecular weight is 447 g/mol. The first-order valence-corrected chi connectivity index (χ1v) is 10.2. The van der Waals surface area contributed by atoms with Crippen molar-refractivity contribution in [3.05, 3.63) is 69.5 Å². The summed E-state index contributed by atoms with van der Waals surface area (Å²) >= 11 is 2.19. The molecule has 0 saturated carbocycles. The minimum atomic E-state index is -0.553. The van der Waals surface area contributed by atoms with Crippen LogP contribution >= 0.6 is 23.1 Å². The van der Waals surface area contributed by atoms with Gasteiger partial charge in [-0.15, -0.1) is 10.2 Å². The molecular formula is C18H14FN5O4S2. The first-order valence-electron chi connectivity index (χ1n) is 8.40. The van der Waals surface area contributed by atoms with E-state index in [0.717, 1.165) is 23.1 Å². The van der Waals surface area contributed by atoms with Gasteiger partial charge in [0.2, 0.25) is 11.0 Å². The van der Waals surface area contributed by atoms with Gasteiger partial charge in [0, 0.05) is 22.9 Å². The lowest BCUT2D eigenvalue weighted by Gasteiger charge is -2.05. The Kier molecular flexibility index (Phi) is 6.69. The maximum absolute atomic E-state index is 12.9. The summed E-state index contributed by atoms with van der Waals surface area (Å²) in [6.45, 7) is 1.49. The lowest BCUT2D eigenvalue weighted by Crippen LogP contribution is -2.14. The van der Waals surface area contributed by atoms with Crippen LogP contribution in [0.4, 0.5) is 20.9 Å². The number of thioether (sulfide) groups is 1. The quantitative estimate of drug-likeness (QED) is 0.243. The number of hydrogen-bond donors (Lipinski definition) is 2. The summed E-state index contributed by atoms with van der Waals surface area (Å²) in [6.07, 6.45) is 0. The SMILES string of the molecule is Cc1c(C(=O)Nc2nnc(SCC(=O)Nc3ccc(F)cc3)s2)cccc1[N+](=O)[O-]. The lowest BCUT2D eigenvalue weighted by atomic mass is 10.1. The van der Waals surface area contributed by atoms with Gasteiger partial charge in [-0.3, -0.25) is 25.0 Å². The van der Waals surface area contributed by atoms with E-state index in [-0.39, 0.29) is 33.6 Å². The number of rotatable bonds is 7. The topological polar surface area (TPSA) is 127 Å². The van der Waals surface area contributed by atoms with Gasteiger partial charge in [-0.1, -0.05) is 29.2 Å². The van der Waals surface area contributed by atoms with Crippen molar-refractivity contribution in [1.82, 2.24) is 10.2 Å². The van der Waals surface area contributed by atoms with Crippen LogP contribution < -0.4 is 10.6 Å². The fourth-order valence-electron chi connectivity index (χ4n) is 2.41. The number of benzene rings is 2. The Labute approximate surface area is 177 Å². The predicted octanol–water partition coefficient (Wildman–Crippen LogP) is 3.88. The molecule has 0 fully saturated rings. The number of carbonyl (C=O) groups is 2. The van der Waals surface area contributed by atoms with Crippen molar-refractivity contribution in [3.63, 3.8) is 0 Å². The number of nitrogens with zero attached hydrogens (tertiary/aromatic N) is 3. The normalized spacial score (nSPS) is 10.5. The Balaban J connectivity index is 1.57. The molecule has 0 unspecified atom stereocenters. The third-order valence-corrected chi connectivity index (χ3v) is 5.80. The molecule has 0 radical (unpaired) electrons. The van der Waals surface area contributed by atoms with Crippen molar-refractivity contribution in [2.75, 3.05) is 16.4 Å². The van der Waals surface area contributed by atoms with Gasteiger partial charge in [-0.2, -0.15) is 0 Å². The van der Waals surface area contributed by atoms with Crippen LogP contribution in [-0.2, 0) is 4.79 Å². The van der Waals surface area contributed by atoms with Gasteiger partial charge >= 0.3 is 0 Å². The van der Waals surface area contributed by atoms with E-state index in [9.17, 15) is 24.1 Å². The van der Waals surface area contributed by atoms with Gasteiger partial charge in [0.15, 0.2) is 4.34 Å². The molecule has 2 amide bonds. The number of halogens is 1. The molecule has 1 heterocycles. The zero-order chi connectivity index (χ0) is 21.7. The van der Waals surface area contributed by atoms with Gasteiger partial charge in [0.1, 0.15) is 5.82 Å². The molecule has 0 aliphatic rings. The van der Waals surface area contributed by atoms with Crippen molar-refractivity contribution in [2.24, 2.45) is 0 Å². The first kappa shape index (κ1) is 21.3. The van der Waals surface area contributed by atoms with Gasteiger partial charge < -0.3 is 5.32 Å². The second kappa shape index (κ2) is 9.41. The zero-order valence-corrected chi connectivity index (χ0v) is 17.1. The second-order valence-electron chi connectivity index (χ2n) is 5.88. The Morgan fingerprint density at radius 1 is 1.17 bits per heavy atom. The molecule has 3 aromatic rings. The maximum Gasteiger partial charge on any atom is 0.273 e. The highest BCUT2D eigenvalue weighted by molar-refractivity contribution is 8.01. The highest BCUT2D eigenvalue weighted by atomic mass is 32.2. The number of carbonyl (C=O) groups excluding carboxylic acids is 2. The number of hydrogen-bond acceptors (Lipinski definition) is 8. The highest BCUT2D eigenvalue weighted by Gasteiger charge is 2.19.